The van der Waals surface area contributed by atoms with Gasteiger partial charge in [0.05, 0.1) is 18.9 Å². The fourth-order valence-corrected chi connectivity index (χ4v) is 4.21. The minimum absolute atomic E-state index is 0.0261. The van der Waals surface area contributed by atoms with Crippen molar-refractivity contribution in [2.75, 3.05) is 37.7 Å². The number of fused-ring (bicyclic) bond motifs is 2. The van der Waals surface area contributed by atoms with Crippen LogP contribution in [0.5, 0.6) is 0 Å². The summed E-state index contributed by atoms with van der Waals surface area (Å²) in [5, 5.41) is 0. The molecule has 27 heavy (non-hydrogen) atoms. The first-order chi connectivity index (χ1) is 13.0. The largest absolute Gasteiger partial charge is 0.339 e. The molecule has 0 atom stereocenters. The molecule has 6 nitrogen and oxygen atoms in total. The number of hydrogen-bond acceptors (Lipinski definition) is 4. The summed E-state index contributed by atoms with van der Waals surface area (Å²) in [6.45, 7) is 7.30. The summed E-state index contributed by atoms with van der Waals surface area (Å²) in [5.74, 6) is -1.22. The van der Waals surface area contributed by atoms with Crippen LogP contribution in [0.1, 0.15) is 55.5 Å². The van der Waals surface area contributed by atoms with Gasteiger partial charge >= 0.3 is 0 Å². The molecule has 1 aromatic rings. The summed E-state index contributed by atoms with van der Waals surface area (Å²) in [7, 11) is 0. The maximum Gasteiger partial charge on any atom is 0.292 e. The molecule has 2 amide bonds. The van der Waals surface area contributed by atoms with Crippen LogP contribution in [-0.2, 0) is 20.1 Å². The summed E-state index contributed by atoms with van der Waals surface area (Å²) in [5.41, 5.74) is 2.08. The number of carbonyl (C=O) groups is 2. The van der Waals surface area contributed by atoms with E-state index in [1.54, 1.807) is 4.90 Å². The number of benzene rings is 1. The van der Waals surface area contributed by atoms with Crippen molar-refractivity contribution in [1.82, 2.24) is 4.90 Å². The predicted octanol–water partition coefficient (Wildman–Crippen LogP) is 2.91. The van der Waals surface area contributed by atoms with Crippen molar-refractivity contribution < 1.29 is 19.1 Å². The van der Waals surface area contributed by atoms with Gasteiger partial charge in [-0.15, -0.1) is 0 Å². The molecule has 146 valence electrons. The smallest absolute Gasteiger partial charge is 0.292 e. The number of nitrogens with zero attached hydrogens (tertiary/aromatic N) is 2. The van der Waals surface area contributed by atoms with E-state index >= 15 is 0 Å². The molecule has 3 heterocycles. The number of anilines is 1. The van der Waals surface area contributed by atoms with Gasteiger partial charge < -0.3 is 19.3 Å². The van der Waals surface area contributed by atoms with Crippen molar-refractivity contribution in [3.8, 4) is 0 Å². The van der Waals surface area contributed by atoms with Crippen molar-refractivity contribution in [2.45, 2.75) is 45.3 Å². The first-order valence-electron chi connectivity index (χ1n) is 10.1. The molecule has 3 aliphatic heterocycles. The van der Waals surface area contributed by atoms with Crippen LogP contribution in [0.2, 0.25) is 0 Å². The monoisotopic (exact) mass is 372 g/mol. The molecule has 0 unspecified atom stereocenters. The SMILES string of the molecule is CC(C)CN1C(=O)C2(OCCCO2)c2cc(C(=O)N3CCCCC3)ccc21. The van der Waals surface area contributed by atoms with E-state index in [4.69, 9.17) is 9.47 Å². The fraction of sp³-hybridized carbons (Fsp3) is 0.619. The summed E-state index contributed by atoms with van der Waals surface area (Å²) in [6.07, 6.45) is 4.04. The molecule has 1 aromatic carbocycles. The van der Waals surface area contributed by atoms with Crippen molar-refractivity contribution in [2.24, 2.45) is 5.92 Å². The van der Waals surface area contributed by atoms with Crippen molar-refractivity contribution in [3.05, 3.63) is 29.3 Å². The molecule has 0 aliphatic carbocycles. The van der Waals surface area contributed by atoms with Gasteiger partial charge in [-0.2, -0.15) is 0 Å². The van der Waals surface area contributed by atoms with Crippen LogP contribution < -0.4 is 4.90 Å². The summed E-state index contributed by atoms with van der Waals surface area (Å²) >= 11 is 0. The molecule has 6 heteroatoms. The normalized spacial score (nSPS) is 21.8. The maximum absolute atomic E-state index is 13.2. The highest BCUT2D eigenvalue weighted by Gasteiger charge is 2.55. The van der Waals surface area contributed by atoms with Crippen LogP contribution in [-0.4, -0.2) is 49.6 Å². The number of amides is 2. The van der Waals surface area contributed by atoms with Crippen LogP contribution >= 0.6 is 0 Å². The third-order valence-electron chi connectivity index (χ3n) is 5.51. The van der Waals surface area contributed by atoms with Crippen LogP contribution in [0.15, 0.2) is 18.2 Å². The van der Waals surface area contributed by atoms with Crippen LogP contribution in [0, 0.1) is 5.92 Å². The highest BCUT2D eigenvalue weighted by atomic mass is 16.7. The molecule has 2 fully saturated rings. The second-order valence-corrected chi connectivity index (χ2v) is 8.06. The zero-order chi connectivity index (χ0) is 19.0. The van der Waals surface area contributed by atoms with E-state index in [1.165, 1.54) is 6.42 Å². The lowest BCUT2D eigenvalue weighted by atomic mass is 10.0. The molecule has 3 aliphatic rings. The summed E-state index contributed by atoms with van der Waals surface area (Å²) in [6, 6.07) is 5.52. The second-order valence-electron chi connectivity index (χ2n) is 8.06. The Hall–Kier alpha value is -1.92. The van der Waals surface area contributed by atoms with Crippen LogP contribution in [0.3, 0.4) is 0 Å². The van der Waals surface area contributed by atoms with Gasteiger partial charge in [0.2, 0.25) is 0 Å². The molecule has 0 radical (unpaired) electrons. The lowest BCUT2D eigenvalue weighted by Gasteiger charge is -2.33. The molecule has 0 aromatic heterocycles. The minimum Gasteiger partial charge on any atom is -0.339 e. The molecule has 0 saturated carbocycles. The van der Waals surface area contributed by atoms with Crippen LogP contribution in [0.4, 0.5) is 5.69 Å². The van der Waals surface area contributed by atoms with E-state index in [0.29, 0.717) is 36.8 Å². The topological polar surface area (TPSA) is 59.1 Å². The van der Waals surface area contributed by atoms with Crippen molar-refractivity contribution in [3.63, 3.8) is 0 Å². The lowest BCUT2D eigenvalue weighted by molar-refractivity contribution is -0.256. The Bertz CT molecular complexity index is 734. The Kier molecular flexibility index (Phi) is 4.95. The average Bonchev–Trinajstić information content (AvgIpc) is 2.91. The zero-order valence-electron chi connectivity index (χ0n) is 16.2. The van der Waals surface area contributed by atoms with Gasteiger partial charge in [0, 0.05) is 30.8 Å². The Morgan fingerprint density at radius 2 is 1.81 bits per heavy atom. The summed E-state index contributed by atoms with van der Waals surface area (Å²) < 4.78 is 11.8. The van der Waals surface area contributed by atoms with Gasteiger partial charge in [-0.3, -0.25) is 9.59 Å². The second kappa shape index (κ2) is 7.24. The molecule has 0 N–H and O–H groups in total. The fourth-order valence-electron chi connectivity index (χ4n) is 4.21. The summed E-state index contributed by atoms with van der Waals surface area (Å²) in [4.78, 5) is 29.9. The molecule has 2 saturated heterocycles. The van der Waals surface area contributed by atoms with E-state index in [1.807, 2.05) is 23.1 Å². The number of ether oxygens (including phenoxy) is 2. The van der Waals surface area contributed by atoms with Gasteiger partial charge in [-0.1, -0.05) is 13.8 Å². The quantitative estimate of drug-likeness (QED) is 0.819. The Balaban J connectivity index is 1.72. The number of hydrogen-bond donors (Lipinski definition) is 0. The van der Waals surface area contributed by atoms with Crippen molar-refractivity contribution >= 4 is 17.5 Å². The first kappa shape index (κ1) is 18.4. The lowest BCUT2D eigenvalue weighted by Crippen LogP contribution is -2.48. The van der Waals surface area contributed by atoms with E-state index in [-0.39, 0.29) is 11.8 Å². The molecular formula is C21H28N2O4. The Morgan fingerprint density at radius 3 is 2.48 bits per heavy atom. The molecule has 4 rings (SSSR count). The number of likely N-dealkylation sites (tertiary alicyclic amines) is 1. The Morgan fingerprint density at radius 1 is 1.11 bits per heavy atom. The van der Waals surface area contributed by atoms with Gasteiger partial charge in [0.15, 0.2) is 0 Å². The first-order valence-corrected chi connectivity index (χ1v) is 10.1. The maximum atomic E-state index is 13.2. The third kappa shape index (κ3) is 3.15. The van der Waals surface area contributed by atoms with Gasteiger partial charge in [0.1, 0.15) is 0 Å². The van der Waals surface area contributed by atoms with E-state index in [9.17, 15) is 9.59 Å². The van der Waals surface area contributed by atoms with E-state index < -0.39 is 5.79 Å². The average molecular weight is 372 g/mol. The minimum atomic E-state index is -1.39. The predicted molar refractivity (Wildman–Crippen MR) is 102 cm³/mol. The van der Waals surface area contributed by atoms with Crippen molar-refractivity contribution in [1.29, 1.82) is 0 Å². The molecular weight excluding hydrogens is 344 g/mol. The zero-order valence-corrected chi connectivity index (χ0v) is 16.2. The standard InChI is InChI=1S/C21H28N2O4/c1-15(2)14-23-18-8-7-16(19(24)22-9-4-3-5-10-22)13-17(18)21(20(23)25)26-11-6-12-27-21/h7-8,13,15H,3-6,9-12,14H2,1-2H3. The highest BCUT2D eigenvalue weighted by molar-refractivity contribution is 6.07. The molecule has 1 spiro atoms. The van der Waals surface area contributed by atoms with Gasteiger partial charge in [-0.05, 0) is 49.8 Å². The number of piperidine rings is 1. The van der Waals surface area contributed by atoms with Gasteiger partial charge in [-0.25, -0.2) is 0 Å². The Labute approximate surface area is 160 Å². The van der Waals surface area contributed by atoms with E-state index in [2.05, 4.69) is 13.8 Å². The number of rotatable bonds is 3. The third-order valence-corrected chi connectivity index (χ3v) is 5.51. The number of carbonyl (C=O) groups excluding carboxylic acids is 2. The van der Waals surface area contributed by atoms with Gasteiger partial charge in [0.25, 0.3) is 17.6 Å². The molecule has 0 bridgehead atoms. The highest BCUT2D eigenvalue weighted by Crippen LogP contribution is 2.46. The van der Waals surface area contributed by atoms with Crippen LogP contribution in [0.25, 0.3) is 0 Å². The van der Waals surface area contributed by atoms with E-state index in [0.717, 1.165) is 38.0 Å².